The Hall–Kier alpha value is -1.46. The van der Waals surface area contributed by atoms with Gasteiger partial charge in [0, 0.05) is 43.4 Å². The molecule has 2 saturated heterocycles. The van der Waals surface area contributed by atoms with E-state index in [0.29, 0.717) is 12.0 Å². The van der Waals surface area contributed by atoms with Gasteiger partial charge >= 0.3 is 0 Å². The molecule has 2 aromatic rings. The largest absolute Gasteiger partial charge is 0.370 e. The Morgan fingerprint density at radius 1 is 1.07 bits per heavy atom. The molecule has 152 valence electrons. The third kappa shape index (κ3) is 5.12. The van der Waals surface area contributed by atoms with Crippen molar-refractivity contribution in [1.29, 1.82) is 0 Å². The van der Waals surface area contributed by atoms with Gasteiger partial charge < -0.3 is 15.5 Å². The van der Waals surface area contributed by atoms with Crippen molar-refractivity contribution < 1.29 is 0 Å². The van der Waals surface area contributed by atoms with Crippen molar-refractivity contribution in [3.8, 4) is 0 Å². The van der Waals surface area contributed by atoms with Crippen LogP contribution in [0.3, 0.4) is 0 Å². The van der Waals surface area contributed by atoms with Crippen LogP contribution in [0.5, 0.6) is 0 Å². The number of nitrogens with two attached hydrogens (primary N) is 1. The Morgan fingerprint density at radius 2 is 1.79 bits per heavy atom. The highest BCUT2D eigenvalue weighted by Crippen LogP contribution is 2.28. The highest BCUT2D eigenvalue weighted by molar-refractivity contribution is 14.0. The smallest absolute Gasteiger partial charge is 0.225 e. The molecule has 4 rings (SSSR count). The first-order valence-electron chi connectivity index (χ1n) is 9.65. The number of thiophene rings is 1. The molecule has 0 radical (unpaired) electrons. The van der Waals surface area contributed by atoms with Crippen LogP contribution in [-0.2, 0) is 0 Å². The van der Waals surface area contributed by atoms with Crippen molar-refractivity contribution in [3.05, 3.63) is 40.8 Å². The fraction of sp³-hybridized carbons (Fsp3) is 0.526. The van der Waals surface area contributed by atoms with E-state index in [4.69, 9.17) is 10.7 Å². The molecule has 0 amide bonds. The van der Waals surface area contributed by atoms with Crippen LogP contribution in [0.4, 0.5) is 5.95 Å². The van der Waals surface area contributed by atoms with Crippen LogP contribution in [0, 0.1) is 0 Å². The number of likely N-dealkylation sites (tertiary alicyclic amines) is 1. The highest BCUT2D eigenvalue weighted by Gasteiger charge is 2.25. The maximum Gasteiger partial charge on any atom is 0.225 e. The first kappa shape index (κ1) is 21.3. The fourth-order valence-electron chi connectivity index (χ4n) is 3.79. The Morgan fingerprint density at radius 3 is 2.43 bits per heavy atom. The predicted molar refractivity (Wildman–Crippen MR) is 126 cm³/mol. The van der Waals surface area contributed by atoms with Crippen LogP contribution in [0.2, 0.25) is 0 Å². The molecule has 1 atom stereocenters. The molecule has 9 heteroatoms. The van der Waals surface area contributed by atoms with Gasteiger partial charge in [-0.15, -0.1) is 35.3 Å². The van der Waals surface area contributed by atoms with Crippen molar-refractivity contribution in [2.45, 2.75) is 18.9 Å². The normalized spacial score (nSPS) is 19.5. The number of aromatic nitrogens is 2. The number of hydrogen-bond donors (Lipinski definition) is 1. The van der Waals surface area contributed by atoms with Gasteiger partial charge in [-0.1, -0.05) is 6.07 Å². The number of aliphatic imine (C=N–C) groups is 1. The van der Waals surface area contributed by atoms with Crippen molar-refractivity contribution in [1.82, 2.24) is 19.8 Å². The predicted octanol–water partition coefficient (Wildman–Crippen LogP) is 2.43. The summed E-state index contributed by atoms with van der Waals surface area (Å²) in [7, 11) is 0. The van der Waals surface area contributed by atoms with E-state index in [1.54, 1.807) is 12.4 Å². The number of nitrogens with zero attached hydrogens (tertiary/aromatic N) is 6. The lowest BCUT2D eigenvalue weighted by Gasteiger charge is -2.35. The standard InChI is InChI=1S/C19H27N7S.HI/c20-18(25-10-12-26(13-11-25)19-21-6-4-7-22-19)23-15-16(17-5-3-14-27-17)24-8-1-2-9-24;/h3-7,14,16H,1-2,8-13,15H2,(H2,20,23);1H. The molecule has 2 fully saturated rings. The quantitative estimate of drug-likeness (QED) is 0.376. The van der Waals surface area contributed by atoms with Crippen molar-refractivity contribution in [3.63, 3.8) is 0 Å². The number of anilines is 1. The Balaban J connectivity index is 0.00000225. The number of rotatable bonds is 5. The zero-order valence-corrected chi connectivity index (χ0v) is 19.1. The third-order valence-electron chi connectivity index (χ3n) is 5.32. The van der Waals surface area contributed by atoms with Gasteiger partial charge in [-0.3, -0.25) is 9.89 Å². The summed E-state index contributed by atoms with van der Waals surface area (Å²) in [5.41, 5.74) is 6.34. The second-order valence-electron chi connectivity index (χ2n) is 7.00. The summed E-state index contributed by atoms with van der Waals surface area (Å²) in [5.74, 6) is 1.45. The average Bonchev–Trinajstić information content (AvgIpc) is 3.44. The van der Waals surface area contributed by atoms with E-state index in [-0.39, 0.29) is 24.0 Å². The second-order valence-corrected chi connectivity index (χ2v) is 7.98. The minimum Gasteiger partial charge on any atom is -0.370 e. The van der Waals surface area contributed by atoms with Gasteiger partial charge in [0.05, 0.1) is 12.6 Å². The zero-order valence-electron chi connectivity index (χ0n) is 16.0. The van der Waals surface area contributed by atoms with Crippen LogP contribution in [0.15, 0.2) is 41.0 Å². The molecule has 2 N–H and O–H groups in total. The van der Waals surface area contributed by atoms with Crippen molar-refractivity contribution in [2.24, 2.45) is 10.7 Å². The minimum atomic E-state index is 0. The number of guanidine groups is 1. The summed E-state index contributed by atoms with van der Waals surface area (Å²) in [6, 6.07) is 6.54. The van der Waals surface area contributed by atoms with Gasteiger partial charge in [0.2, 0.25) is 5.95 Å². The summed E-state index contributed by atoms with van der Waals surface area (Å²) >= 11 is 1.82. The van der Waals surface area contributed by atoms with E-state index in [9.17, 15) is 0 Å². The lowest BCUT2D eigenvalue weighted by molar-refractivity contribution is 0.254. The van der Waals surface area contributed by atoms with Crippen LogP contribution < -0.4 is 10.6 Å². The van der Waals surface area contributed by atoms with E-state index >= 15 is 0 Å². The van der Waals surface area contributed by atoms with E-state index in [0.717, 1.165) is 51.8 Å². The zero-order chi connectivity index (χ0) is 18.5. The molecule has 0 aliphatic carbocycles. The fourth-order valence-corrected chi connectivity index (χ4v) is 4.64. The molecular formula is C19H28IN7S. The molecule has 0 spiro atoms. The Kier molecular flexibility index (Phi) is 7.86. The molecule has 2 aliphatic heterocycles. The Bertz CT molecular complexity index is 726. The molecule has 2 aliphatic rings. The maximum atomic E-state index is 6.34. The van der Waals surface area contributed by atoms with E-state index in [1.807, 2.05) is 17.4 Å². The highest BCUT2D eigenvalue weighted by atomic mass is 127. The lowest BCUT2D eigenvalue weighted by atomic mass is 10.2. The second kappa shape index (κ2) is 10.4. The van der Waals surface area contributed by atoms with Crippen molar-refractivity contribution in [2.75, 3.05) is 50.7 Å². The summed E-state index contributed by atoms with van der Waals surface area (Å²) in [5, 5.41) is 2.15. The van der Waals surface area contributed by atoms with Gasteiger partial charge in [0.25, 0.3) is 0 Å². The number of halogens is 1. The summed E-state index contributed by atoms with van der Waals surface area (Å²) < 4.78 is 0. The van der Waals surface area contributed by atoms with Crippen LogP contribution in [-0.4, -0.2) is 71.5 Å². The SMILES string of the molecule is I.NC(=NCC(c1cccs1)N1CCCC1)N1CCN(c2ncccn2)CC1. The van der Waals surface area contributed by atoms with Gasteiger partial charge in [0.15, 0.2) is 5.96 Å². The van der Waals surface area contributed by atoms with Gasteiger partial charge in [0.1, 0.15) is 0 Å². The molecule has 1 unspecified atom stereocenters. The van der Waals surface area contributed by atoms with E-state index in [1.165, 1.54) is 17.7 Å². The molecule has 0 aromatic carbocycles. The first-order valence-corrected chi connectivity index (χ1v) is 10.5. The van der Waals surface area contributed by atoms with Crippen LogP contribution >= 0.6 is 35.3 Å². The summed E-state index contributed by atoms with van der Waals surface area (Å²) in [6.45, 7) is 6.47. The number of hydrogen-bond acceptors (Lipinski definition) is 6. The summed E-state index contributed by atoms with van der Waals surface area (Å²) in [6.07, 6.45) is 6.14. The van der Waals surface area contributed by atoms with Crippen molar-refractivity contribution >= 4 is 47.2 Å². The first-order chi connectivity index (χ1) is 13.3. The minimum absolute atomic E-state index is 0. The maximum absolute atomic E-state index is 6.34. The molecule has 0 bridgehead atoms. The van der Waals surface area contributed by atoms with Gasteiger partial charge in [-0.2, -0.15) is 0 Å². The number of piperazine rings is 1. The lowest BCUT2D eigenvalue weighted by Crippen LogP contribution is -2.51. The van der Waals surface area contributed by atoms with E-state index < -0.39 is 0 Å². The Labute approximate surface area is 187 Å². The average molecular weight is 513 g/mol. The van der Waals surface area contributed by atoms with Gasteiger partial charge in [-0.05, 0) is 43.4 Å². The van der Waals surface area contributed by atoms with Crippen LogP contribution in [0.1, 0.15) is 23.8 Å². The molecule has 0 saturated carbocycles. The topological polar surface area (TPSA) is 73.9 Å². The summed E-state index contributed by atoms with van der Waals surface area (Å²) in [4.78, 5) is 21.8. The third-order valence-corrected chi connectivity index (χ3v) is 6.29. The van der Waals surface area contributed by atoms with Gasteiger partial charge in [-0.25, -0.2) is 9.97 Å². The monoisotopic (exact) mass is 513 g/mol. The molecular weight excluding hydrogens is 485 g/mol. The molecule has 4 heterocycles. The molecule has 2 aromatic heterocycles. The molecule has 7 nitrogen and oxygen atoms in total. The van der Waals surface area contributed by atoms with Crippen LogP contribution in [0.25, 0.3) is 0 Å². The molecule has 28 heavy (non-hydrogen) atoms. The van der Waals surface area contributed by atoms with E-state index in [2.05, 4.69) is 42.2 Å².